The van der Waals surface area contributed by atoms with E-state index >= 15 is 0 Å². The van der Waals surface area contributed by atoms with E-state index in [1.54, 1.807) is 0 Å². The molecule has 2 rings (SSSR count). The zero-order valence-electron chi connectivity index (χ0n) is 12.0. The van der Waals surface area contributed by atoms with Gasteiger partial charge in [0, 0.05) is 12.6 Å². The smallest absolute Gasteiger partial charge is 0.147 e. The van der Waals surface area contributed by atoms with Crippen molar-refractivity contribution in [3.05, 3.63) is 23.3 Å². The summed E-state index contributed by atoms with van der Waals surface area (Å²) in [6, 6.07) is 0.611. The van der Waals surface area contributed by atoms with E-state index < -0.39 is 0 Å². The summed E-state index contributed by atoms with van der Waals surface area (Å²) in [5.74, 6) is 1.91. The van der Waals surface area contributed by atoms with Crippen molar-refractivity contribution in [3.63, 3.8) is 0 Å². The van der Waals surface area contributed by atoms with Crippen molar-refractivity contribution in [2.45, 2.75) is 53.1 Å². The lowest BCUT2D eigenvalue weighted by molar-refractivity contribution is 0.247. The SMILES string of the molecule is CC(C)=CCN1CCC[C@H]1Cn1nc(C)nc1C. The third-order valence-corrected chi connectivity index (χ3v) is 3.58. The van der Waals surface area contributed by atoms with Gasteiger partial charge < -0.3 is 0 Å². The van der Waals surface area contributed by atoms with E-state index in [4.69, 9.17) is 0 Å². The third-order valence-electron chi connectivity index (χ3n) is 3.58. The molecule has 1 aliphatic heterocycles. The van der Waals surface area contributed by atoms with Gasteiger partial charge in [-0.05, 0) is 47.1 Å². The van der Waals surface area contributed by atoms with E-state index in [1.807, 2.05) is 13.8 Å². The minimum Gasteiger partial charge on any atom is -0.295 e. The van der Waals surface area contributed by atoms with Gasteiger partial charge in [-0.15, -0.1) is 0 Å². The van der Waals surface area contributed by atoms with Gasteiger partial charge in [0.15, 0.2) is 0 Å². The lowest BCUT2D eigenvalue weighted by Gasteiger charge is -2.23. The van der Waals surface area contributed by atoms with Gasteiger partial charge in [-0.1, -0.05) is 11.6 Å². The first-order valence-electron chi connectivity index (χ1n) is 6.81. The Morgan fingerprint density at radius 1 is 1.39 bits per heavy atom. The molecular formula is C14H24N4. The summed E-state index contributed by atoms with van der Waals surface area (Å²) >= 11 is 0. The molecule has 0 N–H and O–H groups in total. The summed E-state index contributed by atoms with van der Waals surface area (Å²) in [4.78, 5) is 6.93. The minimum absolute atomic E-state index is 0.611. The number of nitrogens with zero attached hydrogens (tertiary/aromatic N) is 4. The molecule has 1 aliphatic rings. The van der Waals surface area contributed by atoms with Crippen LogP contribution in [-0.4, -0.2) is 38.8 Å². The highest BCUT2D eigenvalue weighted by Crippen LogP contribution is 2.19. The molecule has 18 heavy (non-hydrogen) atoms. The van der Waals surface area contributed by atoms with Gasteiger partial charge >= 0.3 is 0 Å². The quantitative estimate of drug-likeness (QED) is 0.767. The molecule has 1 aromatic heterocycles. The second kappa shape index (κ2) is 5.65. The van der Waals surface area contributed by atoms with Crippen molar-refractivity contribution < 1.29 is 0 Å². The second-order valence-electron chi connectivity index (χ2n) is 5.46. The average Bonchev–Trinajstić information content (AvgIpc) is 2.84. The normalized spacial score (nSPS) is 20.3. The minimum atomic E-state index is 0.611. The fourth-order valence-corrected chi connectivity index (χ4v) is 2.58. The van der Waals surface area contributed by atoms with Crippen molar-refractivity contribution in [2.24, 2.45) is 0 Å². The van der Waals surface area contributed by atoms with Gasteiger partial charge in [-0.3, -0.25) is 4.90 Å². The Bertz CT molecular complexity index is 429. The number of likely N-dealkylation sites (tertiary alicyclic amines) is 1. The molecule has 1 atom stereocenters. The largest absolute Gasteiger partial charge is 0.295 e. The maximum absolute atomic E-state index is 4.47. The first kappa shape index (κ1) is 13.3. The van der Waals surface area contributed by atoms with Crippen LogP contribution in [0.1, 0.15) is 38.3 Å². The molecule has 0 radical (unpaired) electrons. The first-order valence-corrected chi connectivity index (χ1v) is 6.81. The molecule has 0 aromatic carbocycles. The Balaban J connectivity index is 1.99. The van der Waals surface area contributed by atoms with Crippen LogP contribution in [0.15, 0.2) is 11.6 Å². The number of rotatable bonds is 4. The van der Waals surface area contributed by atoms with Crippen LogP contribution in [0.5, 0.6) is 0 Å². The summed E-state index contributed by atoms with van der Waals surface area (Å²) in [5, 5.41) is 4.47. The van der Waals surface area contributed by atoms with Crippen molar-refractivity contribution in [1.82, 2.24) is 19.7 Å². The number of aromatic nitrogens is 3. The highest BCUT2D eigenvalue weighted by Gasteiger charge is 2.24. The van der Waals surface area contributed by atoms with Crippen molar-refractivity contribution >= 4 is 0 Å². The van der Waals surface area contributed by atoms with Gasteiger partial charge in [0.05, 0.1) is 6.54 Å². The monoisotopic (exact) mass is 248 g/mol. The molecule has 4 heteroatoms. The van der Waals surface area contributed by atoms with Crippen LogP contribution in [0.3, 0.4) is 0 Å². The highest BCUT2D eigenvalue weighted by atomic mass is 15.4. The zero-order valence-corrected chi connectivity index (χ0v) is 12.0. The molecule has 0 bridgehead atoms. The maximum atomic E-state index is 4.47. The number of hydrogen-bond donors (Lipinski definition) is 0. The molecule has 1 saturated heterocycles. The third kappa shape index (κ3) is 3.19. The summed E-state index contributed by atoms with van der Waals surface area (Å²) in [5.41, 5.74) is 1.40. The van der Waals surface area contributed by atoms with Gasteiger partial charge in [0.2, 0.25) is 0 Å². The Hall–Kier alpha value is -1.16. The van der Waals surface area contributed by atoms with E-state index in [0.29, 0.717) is 6.04 Å². The fraction of sp³-hybridized carbons (Fsp3) is 0.714. The summed E-state index contributed by atoms with van der Waals surface area (Å²) in [6.07, 6.45) is 4.89. The number of hydrogen-bond acceptors (Lipinski definition) is 3. The van der Waals surface area contributed by atoms with Gasteiger partial charge in [0.25, 0.3) is 0 Å². The summed E-state index contributed by atoms with van der Waals surface area (Å²) in [6.45, 7) is 11.6. The van der Waals surface area contributed by atoms with Crippen LogP contribution in [0.4, 0.5) is 0 Å². The molecule has 4 nitrogen and oxygen atoms in total. The molecule has 1 fully saturated rings. The molecule has 2 heterocycles. The van der Waals surface area contributed by atoms with Crippen LogP contribution in [0.2, 0.25) is 0 Å². The van der Waals surface area contributed by atoms with Gasteiger partial charge in [0.1, 0.15) is 11.6 Å². The van der Waals surface area contributed by atoms with Crippen LogP contribution in [-0.2, 0) is 6.54 Å². The van der Waals surface area contributed by atoms with E-state index in [2.05, 4.69) is 39.6 Å². The summed E-state index contributed by atoms with van der Waals surface area (Å²) < 4.78 is 2.06. The Morgan fingerprint density at radius 2 is 2.17 bits per heavy atom. The van der Waals surface area contributed by atoms with Crippen molar-refractivity contribution in [3.8, 4) is 0 Å². The van der Waals surface area contributed by atoms with E-state index in [1.165, 1.54) is 25.0 Å². The van der Waals surface area contributed by atoms with Crippen LogP contribution < -0.4 is 0 Å². The molecule has 0 amide bonds. The molecule has 0 aliphatic carbocycles. The van der Waals surface area contributed by atoms with Crippen molar-refractivity contribution in [2.75, 3.05) is 13.1 Å². The topological polar surface area (TPSA) is 34.0 Å². The van der Waals surface area contributed by atoms with Gasteiger partial charge in [-0.2, -0.15) is 5.10 Å². The molecular weight excluding hydrogens is 224 g/mol. The number of aryl methyl sites for hydroxylation is 2. The second-order valence-corrected chi connectivity index (χ2v) is 5.46. The first-order chi connectivity index (χ1) is 8.56. The number of allylic oxidation sites excluding steroid dienone is 1. The standard InChI is InChI=1S/C14H24N4/c1-11(2)7-9-17-8-5-6-14(17)10-18-13(4)15-12(3)16-18/h7,14H,5-6,8-10H2,1-4H3/t14-/m0/s1. The summed E-state index contributed by atoms with van der Waals surface area (Å²) in [7, 11) is 0. The lowest BCUT2D eigenvalue weighted by atomic mass is 10.2. The van der Waals surface area contributed by atoms with Crippen LogP contribution in [0.25, 0.3) is 0 Å². The molecule has 100 valence electrons. The van der Waals surface area contributed by atoms with Crippen LogP contribution in [0, 0.1) is 13.8 Å². The Kier molecular flexibility index (Phi) is 4.17. The maximum Gasteiger partial charge on any atom is 0.147 e. The molecule has 0 unspecified atom stereocenters. The molecule has 0 saturated carbocycles. The predicted molar refractivity (Wildman–Crippen MR) is 73.5 cm³/mol. The fourth-order valence-electron chi connectivity index (χ4n) is 2.58. The molecule has 1 aromatic rings. The van der Waals surface area contributed by atoms with Crippen LogP contribution >= 0.6 is 0 Å². The predicted octanol–water partition coefficient (Wildman–Crippen LogP) is 2.33. The van der Waals surface area contributed by atoms with Crippen molar-refractivity contribution in [1.29, 1.82) is 0 Å². The van der Waals surface area contributed by atoms with E-state index in [0.717, 1.165) is 24.7 Å². The molecule has 0 spiro atoms. The lowest BCUT2D eigenvalue weighted by Crippen LogP contribution is -2.33. The average molecular weight is 248 g/mol. The Labute approximate surface area is 110 Å². The van der Waals surface area contributed by atoms with E-state index in [9.17, 15) is 0 Å². The Morgan fingerprint density at radius 3 is 2.78 bits per heavy atom. The van der Waals surface area contributed by atoms with E-state index in [-0.39, 0.29) is 0 Å². The highest BCUT2D eigenvalue weighted by molar-refractivity contribution is 4.97. The zero-order chi connectivity index (χ0) is 13.1. The van der Waals surface area contributed by atoms with Gasteiger partial charge in [-0.25, -0.2) is 9.67 Å².